The first-order valence-corrected chi connectivity index (χ1v) is 14.9. The normalized spacial score (nSPS) is 14.9. The third-order valence-corrected chi connectivity index (χ3v) is 9.55. The summed E-state index contributed by atoms with van der Waals surface area (Å²) >= 11 is 9.54. The quantitative estimate of drug-likeness (QED) is 0.293. The Bertz CT molecular complexity index is 1630. The molecule has 4 aromatic rings. The van der Waals surface area contributed by atoms with Crippen LogP contribution in [0.4, 0.5) is 0 Å². The van der Waals surface area contributed by atoms with Crippen LogP contribution in [0.3, 0.4) is 0 Å². The minimum atomic E-state index is -3.79. The lowest BCUT2D eigenvalue weighted by Crippen LogP contribution is -2.50. The van der Waals surface area contributed by atoms with Gasteiger partial charge in [0.15, 0.2) is 5.65 Å². The first-order valence-electron chi connectivity index (χ1n) is 12.3. The van der Waals surface area contributed by atoms with Crippen LogP contribution in [0.1, 0.15) is 35.8 Å². The van der Waals surface area contributed by atoms with E-state index in [1.807, 2.05) is 55.8 Å². The molecule has 2 aromatic heterocycles. The number of nitrogens with zero attached hydrogens (tertiary/aromatic N) is 5. The van der Waals surface area contributed by atoms with Crippen molar-refractivity contribution in [2.75, 3.05) is 26.2 Å². The van der Waals surface area contributed by atoms with Crippen molar-refractivity contribution < 1.29 is 13.2 Å². The summed E-state index contributed by atoms with van der Waals surface area (Å²) in [6, 6.07) is 14.6. The van der Waals surface area contributed by atoms with Crippen molar-refractivity contribution in [1.29, 1.82) is 0 Å². The highest BCUT2D eigenvalue weighted by molar-refractivity contribution is 9.10. The Morgan fingerprint density at radius 1 is 1.03 bits per heavy atom. The molecule has 5 rings (SSSR count). The number of benzene rings is 2. The number of halogens is 2. The van der Waals surface area contributed by atoms with Gasteiger partial charge >= 0.3 is 0 Å². The second-order valence-electron chi connectivity index (χ2n) is 9.61. The zero-order valence-corrected chi connectivity index (χ0v) is 24.4. The van der Waals surface area contributed by atoms with Gasteiger partial charge in [-0.15, -0.1) is 0 Å². The number of piperazine rings is 1. The Labute approximate surface area is 235 Å². The van der Waals surface area contributed by atoms with Crippen molar-refractivity contribution in [3.05, 3.63) is 75.4 Å². The number of carbonyl (C=O) groups excluding carboxylic acids is 1. The smallest absolute Gasteiger partial charge is 0.254 e. The Morgan fingerprint density at radius 3 is 2.34 bits per heavy atom. The number of hydrogen-bond donors (Lipinski definition) is 0. The molecule has 1 saturated heterocycles. The van der Waals surface area contributed by atoms with E-state index in [4.69, 9.17) is 16.6 Å². The van der Waals surface area contributed by atoms with Crippen molar-refractivity contribution in [2.24, 2.45) is 0 Å². The van der Waals surface area contributed by atoms with Crippen LogP contribution in [0.15, 0.2) is 64.1 Å². The molecule has 0 saturated carbocycles. The van der Waals surface area contributed by atoms with Crippen molar-refractivity contribution in [2.45, 2.75) is 31.7 Å². The highest BCUT2D eigenvalue weighted by Gasteiger charge is 2.32. The van der Waals surface area contributed by atoms with E-state index in [0.717, 1.165) is 11.1 Å². The average Bonchev–Trinajstić information content (AvgIpc) is 3.32. The van der Waals surface area contributed by atoms with Gasteiger partial charge in [-0.1, -0.05) is 57.4 Å². The fraction of sp³-hybridized carbons (Fsp3) is 0.296. The molecule has 0 bridgehead atoms. The van der Waals surface area contributed by atoms with E-state index < -0.39 is 10.0 Å². The molecule has 3 heterocycles. The molecular weight excluding hydrogens is 590 g/mol. The Morgan fingerprint density at radius 2 is 1.71 bits per heavy atom. The number of carbonyl (C=O) groups is 1. The first kappa shape index (κ1) is 26.8. The van der Waals surface area contributed by atoms with Crippen molar-refractivity contribution in [3.8, 4) is 11.3 Å². The molecule has 0 atom stereocenters. The van der Waals surface area contributed by atoms with Crippen LogP contribution in [-0.2, 0) is 10.0 Å². The van der Waals surface area contributed by atoms with E-state index in [9.17, 15) is 13.2 Å². The lowest BCUT2D eigenvalue weighted by Gasteiger charge is -2.34. The number of amides is 1. The summed E-state index contributed by atoms with van der Waals surface area (Å²) in [5.74, 6) is -0.173. The molecule has 0 unspecified atom stereocenters. The summed E-state index contributed by atoms with van der Waals surface area (Å²) in [5.41, 5.74) is 3.88. The first-order chi connectivity index (χ1) is 18.1. The molecule has 2 aromatic carbocycles. The summed E-state index contributed by atoms with van der Waals surface area (Å²) in [4.78, 5) is 20.4. The van der Waals surface area contributed by atoms with Gasteiger partial charge in [-0.3, -0.25) is 4.79 Å². The van der Waals surface area contributed by atoms with Gasteiger partial charge < -0.3 is 4.90 Å². The van der Waals surface area contributed by atoms with E-state index >= 15 is 0 Å². The molecule has 1 fully saturated rings. The number of pyridine rings is 1. The fourth-order valence-electron chi connectivity index (χ4n) is 4.57. The number of rotatable bonds is 5. The van der Waals surface area contributed by atoms with Gasteiger partial charge in [0.2, 0.25) is 10.0 Å². The van der Waals surface area contributed by atoms with E-state index in [-0.39, 0.29) is 48.0 Å². The van der Waals surface area contributed by atoms with Gasteiger partial charge in [-0.25, -0.2) is 18.1 Å². The summed E-state index contributed by atoms with van der Waals surface area (Å²) in [6.45, 7) is 6.92. The largest absolute Gasteiger partial charge is 0.336 e. The minimum absolute atomic E-state index is 0.0572. The summed E-state index contributed by atoms with van der Waals surface area (Å²) in [7, 11) is -3.79. The van der Waals surface area contributed by atoms with E-state index in [0.29, 0.717) is 26.8 Å². The lowest BCUT2D eigenvalue weighted by molar-refractivity contribution is 0.0700. The molecule has 1 amide bonds. The number of fused-ring (bicyclic) bond motifs is 1. The highest BCUT2D eigenvalue weighted by atomic mass is 79.9. The third-order valence-electron chi connectivity index (χ3n) is 6.67. The third kappa shape index (κ3) is 4.98. The predicted molar refractivity (Wildman–Crippen MR) is 152 cm³/mol. The standard InChI is InChI=1S/C27H27BrClN5O3S/c1-17(2)34-26-22(16-30-34)21(15-24(31-26)19-6-4-18(3)5-7-19)27(35)32-10-12-33(13-11-32)38(36,37)25-9-8-20(28)14-23(25)29/h4-9,14-17H,10-13H2,1-3H3. The molecule has 198 valence electrons. The summed E-state index contributed by atoms with van der Waals surface area (Å²) in [5, 5.41) is 5.34. The van der Waals surface area contributed by atoms with Crippen molar-refractivity contribution in [1.82, 2.24) is 24.0 Å². The highest BCUT2D eigenvalue weighted by Crippen LogP contribution is 2.30. The topological polar surface area (TPSA) is 88.4 Å². The van der Waals surface area contributed by atoms with Gasteiger partial charge in [0, 0.05) is 42.3 Å². The lowest BCUT2D eigenvalue weighted by atomic mass is 10.0. The maximum atomic E-state index is 13.8. The zero-order chi connectivity index (χ0) is 27.2. The minimum Gasteiger partial charge on any atom is -0.336 e. The van der Waals surface area contributed by atoms with Gasteiger partial charge in [-0.05, 0) is 45.0 Å². The summed E-state index contributed by atoms with van der Waals surface area (Å²) < 4.78 is 30.4. The summed E-state index contributed by atoms with van der Waals surface area (Å²) in [6.07, 6.45) is 1.69. The van der Waals surface area contributed by atoms with Gasteiger partial charge in [0.05, 0.1) is 27.9 Å². The number of aryl methyl sites for hydroxylation is 1. The zero-order valence-electron chi connectivity index (χ0n) is 21.2. The van der Waals surface area contributed by atoms with Crippen LogP contribution in [0.2, 0.25) is 5.02 Å². The monoisotopic (exact) mass is 615 g/mol. The number of hydrogen-bond acceptors (Lipinski definition) is 5. The number of aromatic nitrogens is 3. The van der Waals surface area contributed by atoms with Crippen LogP contribution in [0.5, 0.6) is 0 Å². The molecular formula is C27H27BrClN5O3S. The molecule has 1 aliphatic rings. The average molecular weight is 617 g/mol. The van der Waals surface area contributed by atoms with Crippen LogP contribution >= 0.6 is 27.5 Å². The Kier molecular flexibility index (Phi) is 7.34. The Hall–Kier alpha value is -2.79. The van der Waals surface area contributed by atoms with Crippen molar-refractivity contribution in [3.63, 3.8) is 0 Å². The van der Waals surface area contributed by atoms with E-state index in [1.54, 1.807) is 23.2 Å². The van der Waals surface area contributed by atoms with Crippen LogP contribution < -0.4 is 0 Å². The number of sulfonamides is 1. The second kappa shape index (κ2) is 10.4. The van der Waals surface area contributed by atoms with Gasteiger partial charge in [-0.2, -0.15) is 9.40 Å². The molecule has 38 heavy (non-hydrogen) atoms. The molecule has 0 N–H and O–H groups in total. The molecule has 11 heteroatoms. The molecule has 8 nitrogen and oxygen atoms in total. The Balaban J connectivity index is 1.45. The maximum absolute atomic E-state index is 13.8. The molecule has 1 aliphatic heterocycles. The SMILES string of the molecule is Cc1ccc(-c2cc(C(=O)N3CCN(S(=O)(=O)c4ccc(Br)cc4Cl)CC3)c3cnn(C(C)C)c3n2)cc1. The second-order valence-corrected chi connectivity index (χ2v) is 12.8. The molecule has 0 spiro atoms. The van der Waals surface area contributed by atoms with Gasteiger partial charge in [0.25, 0.3) is 5.91 Å². The van der Waals surface area contributed by atoms with Crippen molar-refractivity contribution >= 4 is 54.5 Å². The molecule has 0 aliphatic carbocycles. The predicted octanol–water partition coefficient (Wildman–Crippen LogP) is 5.55. The van der Waals surface area contributed by atoms with Crippen LogP contribution in [-0.4, -0.2) is 64.5 Å². The molecule has 0 radical (unpaired) electrons. The fourth-order valence-corrected chi connectivity index (χ4v) is 7.00. The van der Waals surface area contributed by atoms with Crippen LogP contribution in [0, 0.1) is 6.92 Å². The van der Waals surface area contributed by atoms with Gasteiger partial charge in [0.1, 0.15) is 4.90 Å². The van der Waals surface area contributed by atoms with E-state index in [1.165, 1.54) is 10.4 Å². The van der Waals surface area contributed by atoms with Crippen LogP contribution in [0.25, 0.3) is 22.3 Å². The maximum Gasteiger partial charge on any atom is 0.254 e. The van der Waals surface area contributed by atoms with E-state index in [2.05, 4.69) is 21.0 Å².